The number of anilines is 2. The van der Waals surface area contributed by atoms with Gasteiger partial charge in [-0.3, -0.25) is 5.41 Å². The van der Waals surface area contributed by atoms with Gasteiger partial charge < -0.3 is 11.5 Å². The third-order valence-electron chi connectivity index (χ3n) is 1.46. The van der Waals surface area contributed by atoms with Crippen LogP contribution in [0.5, 0.6) is 0 Å². The molecule has 0 amide bonds. The van der Waals surface area contributed by atoms with Gasteiger partial charge in [-0.25, -0.2) is 0 Å². The summed E-state index contributed by atoms with van der Waals surface area (Å²) in [4.78, 5) is 0. The summed E-state index contributed by atoms with van der Waals surface area (Å²) in [6, 6.07) is 6.42. The van der Waals surface area contributed by atoms with E-state index >= 15 is 0 Å². The van der Waals surface area contributed by atoms with Crippen LogP contribution < -0.4 is 11.5 Å². The number of hydrogen-bond donors (Lipinski definition) is 3. The van der Waals surface area contributed by atoms with Crippen LogP contribution in [0.4, 0.5) is 11.4 Å². The largest absolute Gasteiger partial charge is 0.399 e. The fourth-order valence-corrected chi connectivity index (χ4v) is 0.851. The van der Waals surface area contributed by atoms with E-state index < -0.39 is 0 Å². The molecular weight excluding hydrogens is 152 g/mol. The van der Waals surface area contributed by atoms with Crippen LogP contribution in [0.2, 0.25) is 0 Å². The van der Waals surface area contributed by atoms with Gasteiger partial charge in [0.15, 0.2) is 0 Å². The van der Waals surface area contributed by atoms with Gasteiger partial charge in [-0.05, 0) is 18.2 Å². The Bertz CT molecular complexity index is 362. The number of hydrogen-bond acceptors (Lipinski definition) is 4. The van der Waals surface area contributed by atoms with Gasteiger partial charge in [0.25, 0.3) is 0 Å². The van der Waals surface area contributed by atoms with Crippen LogP contribution in [0.25, 0.3) is 0 Å². The van der Waals surface area contributed by atoms with E-state index in [1.165, 1.54) is 6.07 Å². The molecule has 1 rings (SSSR count). The summed E-state index contributed by atoms with van der Waals surface area (Å²) >= 11 is 0. The molecule has 0 saturated heterocycles. The van der Waals surface area contributed by atoms with Crippen LogP contribution >= 0.6 is 0 Å². The van der Waals surface area contributed by atoms with Crippen molar-refractivity contribution in [3.8, 4) is 6.07 Å². The first kappa shape index (κ1) is 8.08. The summed E-state index contributed by atoms with van der Waals surface area (Å²) in [6.07, 6.45) is 0. The number of nitrogens with one attached hydrogen (secondary N) is 1. The molecule has 5 N–H and O–H groups in total. The van der Waals surface area contributed by atoms with Crippen molar-refractivity contribution in [2.75, 3.05) is 11.5 Å². The first-order valence-electron chi connectivity index (χ1n) is 3.29. The van der Waals surface area contributed by atoms with Gasteiger partial charge in [0.1, 0.15) is 11.8 Å². The van der Waals surface area contributed by atoms with Crippen LogP contribution in [-0.2, 0) is 0 Å². The Hall–Kier alpha value is -2.02. The number of nitriles is 1. The second kappa shape index (κ2) is 2.93. The fraction of sp³-hybridized carbons (Fsp3) is 0. The van der Waals surface area contributed by atoms with Gasteiger partial charge >= 0.3 is 0 Å². The molecule has 0 atom stereocenters. The molecule has 12 heavy (non-hydrogen) atoms. The van der Waals surface area contributed by atoms with Crippen molar-refractivity contribution in [3.05, 3.63) is 23.8 Å². The molecule has 0 heterocycles. The summed E-state index contributed by atoms with van der Waals surface area (Å²) in [5, 5.41) is 15.7. The lowest BCUT2D eigenvalue weighted by atomic mass is 10.1. The molecule has 1 aromatic rings. The molecule has 0 spiro atoms. The van der Waals surface area contributed by atoms with Gasteiger partial charge in [0.2, 0.25) is 0 Å². The smallest absolute Gasteiger partial charge is 0.141 e. The number of rotatable bonds is 1. The Morgan fingerprint density at radius 2 is 2.08 bits per heavy atom. The highest BCUT2D eigenvalue weighted by molar-refractivity contribution is 6.13. The van der Waals surface area contributed by atoms with E-state index in [-0.39, 0.29) is 5.71 Å². The zero-order valence-corrected chi connectivity index (χ0v) is 6.33. The van der Waals surface area contributed by atoms with Crippen molar-refractivity contribution in [1.29, 1.82) is 10.7 Å². The van der Waals surface area contributed by atoms with E-state index in [0.717, 1.165) is 0 Å². The molecule has 0 aliphatic rings. The third kappa shape index (κ3) is 1.35. The van der Waals surface area contributed by atoms with Crippen LogP contribution in [0.3, 0.4) is 0 Å². The highest BCUT2D eigenvalue weighted by atomic mass is 14.6. The van der Waals surface area contributed by atoms with Crippen LogP contribution in [0, 0.1) is 16.7 Å². The average molecular weight is 160 g/mol. The standard InChI is InChI=1S/C8H8N4/c9-4-8(12)6-3-5(10)1-2-7(6)11/h1-3,12H,10-11H2. The fourth-order valence-electron chi connectivity index (χ4n) is 0.851. The van der Waals surface area contributed by atoms with Gasteiger partial charge in [0.05, 0.1) is 0 Å². The molecule has 0 radical (unpaired) electrons. The maximum Gasteiger partial charge on any atom is 0.141 e. The minimum Gasteiger partial charge on any atom is -0.399 e. The van der Waals surface area contributed by atoms with Crippen molar-refractivity contribution < 1.29 is 0 Å². The highest BCUT2D eigenvalue weighted by Gasteiger charge is 2.04. The van der Waals surface area contributed by atoms with Crippen LogP contribution in [0.15, 0.2) is 18.2 Å². The predicted molar refractivity (Wildman–Crippen MR) is 47.7 cm³/mol. The van der Waals surface area contributed by atoms with E-state index in [1.807, 2.05) is 0 Å². The second-order valence-corrected chi connectivity index (χ2v) is 2.33. The van der Waals surface area contributed by atoms with Crippen molar-refractivity contribution in [1.82, 2.24) is 0 Å². The summed E-state index contributed by atoms with van der Waals surface area (Å²) in [6.45, 7) is 0. The van der Waals surface area contributed by atoms with E-state index in [9.17, 15) is 0 Å². The Morgan fingerprint density at radius 3 is 2.67 bits per heavy atom. The van der Waals surface area contributed by atoms with Gasteiger partial charge in [-0.2, -0.15) is 5.26 Å². The SMILES string of the molecule is N#CC(=N)c1cc(N)ccc1N. The zero-order chi connectivity index (χ0) is 9.14. The summed E-state index contributed by atoms with van der Waals surface area (Å²) in [7, 11) is 0. The minimum atomic E-state index is -0.167. The second-order valence-electron chi connectivity index (χ2n) is 2.33. The number of nitrogens with zero attached hydrogens (tertiary/aromatic N) is 1. The van der Waals surface area contributed by atoms with E-state index in [2.05, 4.69) is 0 Å². The first-order valence-corrected chi connectivity index (χ1v) is 3.29. The average Bonchev–Trinajstić information content (AvgIpc) is 2.08. The Kier molecular flexibility index (Phi) is 1.97. The minimum absolute atomic E-state index is 0.167. The first-order chi connectivity index (χ1) is 5.65. The highest BCUT2D eigenvalue weighted by Crippen LogP contribution is 2.15. The third-order valence-corrected chi connectivity index (χ3v) is 1.46. The van der Waals surface area contributed by atoms with Gasteiger partial charge in [0, 0.05) is 16.9 Å². The monoisotopic (exact) mass is 160 g/mol. The number of nitrogens with two attached hydrogens (primary N) is 2. The zero-order valence-electron chi connectivity index (χ0n) is 6.33. The van der Waals surface area contributed by atoms with Crippen molar-refractivity contribution >= 4 is 17.1 Å². The van der Waals surface area contributed by atoms with Crippen LogP contribution in [-0.4, -0.2) is 5.71 Å². The van der Waals surface area contributed by atoms with Crippen molar-refractivity contribution in [2.45, 2.75) is 0 Å². The summed E-state index contributed by atoms with van der Waals surface area (Å²) < 4.78 is 0. The Labute approximate surface area is 69.9 Å². The molecule has 4 nitrogen and oxygen atoms in total. The lowest BCUT2D eigenvalue weighted by Crippen LogP contribution is -2.02. The topological polar surface area (TPSA) is 99.7 Å². The molecule has 0 aliphatic carbocycles. The quantitative estimate of drug-likeness (QED) is 0.417. The molecule has 0 saturated carbocycles. The van der Waals surface area contributed by atoms with Crippen molar-refractivity contribution in [2.24, 2.45) is 0 Å². The summed E-state index contributed by atoms with van der Waals surface area (Å²) in [5.41, 5.74) is 12.1. The molecule has 0 aliphatic heterocycles. The Morgan fingerprint density at radius 1 is 1.42 bits per heavy atom. The normalized spacial score (nSPS) is 8.92. The van der Waals surface area contributed by atoms with E-state index in [4.69, 9.17) is 22.1 Å². The molecular formula is C8H8N4. The van der Waals surface area contributed by atoms with Gasteiger partial charge in [-0.15, -0.1) is 0 Å². The lowest BCUT2D eigenvalue weighted by Gasteiger charge is -2.01. The Balaban J connectivity index is 3.25. The molecule has 60 valence electrons. The molecule has 0 fully saturated rings. The maximum absolute atomic E-state index is 8.43. The van der Waals surface area contributed by atoms with Gasteiger partial charge in [-0.1, -0.05) is 0 Å². The lowest BCUT2D eigenvalue weighted by molar-refractivity contribution is 1.46. The number of benzene rings is 1. The number of nitrogen functional groups attached to an aromatic ring is 2. The predicted octanol–water partition coefficient (Wildman–Crippen LogP) is 0.742. The molecule has 4 heteroatoms. The molecule has 0 bridgehead atoms. The van der Waals surface area contributed by atoms with E-state index in [0.29, 0.717) is 16.9 Å². The molecule has 1 aromatic carbocycles. The van der Waals surface area contributed by atoms with Crippen molar-refractivity contribution in [3.63, 3.8) is 0 Å². The maximum atomic E-state index is 8.43. The molecule has 0 unspecified atom stereocenters. The molecule has 0 aromatic heterocycles. The van der Waals surface area contributed by atoms with E-state index in [1.54, 1.807) is 18.2 Å². The summed E-state index contributed by atoms with van der Waals surface area (Å²) in [5.74, 6) is 0. The van der Waals surface area contributed by atoms with Crippen LogP contribution in [0.1, 0.15) is 5.56 Å².